The Hall–Kier alpha value is -3.16. The minimum atomic E-state index is -1.10. The predicted octanol–water partition coefficient (Wildman–Crippen LogP) is -1.54. The second kappa shape index (κ2) is 6.76. The molecule has 3 rings (SSSR count). The Balaban J connectivity index is 1.76. The first-order valence-electron chi connectivity index (χ1n) is 6.82. The maximum atomic E-state index is 13.3. The molecule has 4 N–H and O–H groups in total. The molecule has 12 nitrogen and oxygen atoms in total. The molecule has 1 saturated heterocycles. The summed E-state index contributed by atoms with van der Waals surface area (Å²) in [6.07, 6.45) is 0. The minimum absolute atomic E-state index is 0.0730. The predicted molar refractivity (Wildman–Crippen MR) is 83.4 cm³/mol. The maximum Gasteiger partial charge on any atom is 0.276 e. The molecule has 1 aliphatic heterocycles. The lowest BCUT2D eigenvalue weighted by Crippen LogP contribution is -2.72. The van der Waals surface area contributed by atoms with Gasteiger partial charge in [-0.05, 0) is 5.21 Å². The molecule has 14 heteroatoms. The van der Waals surface area contributed by atoms with Gasteiger partial charge in [0.1, 0.15) is 25.5 Å². The van der Waals surface area contributed by atoms with Crippen molar-refractivity contribution in [3.63, 3.8) is 0 Å². The smallest absolute Gasteiger partial charge is 0.276 e. The number of anilines is 2. The number of halogens is 1. The molecule has 2 amide bonds. The third kappa shape index (κ3) is 2.98. The summed E-state index contributed by atoms with van der Waals surface area (Å²) in [5.41, 5.74) is 5.54. The van der Waals surface area contributed by atoms with Crippen molar-refractivity contribution in [2.24, 2.45) is 5.16 Å². The summed E-state index contributed by atoms with van der Waals surface area (Å²) in [4.78, 5) is 34.2. The molecule has 0 aliphatic carbocycles. The summed E-state index contributed by atoms with van der Waals surface area (Å²) in [6.45, 7) is -0.911. The van der Waals surface area contributed by atoms with E-state index in [1.165, 1.54) is 12.5 Å². The van der Waals surface area contributed by atoms with Gasteiger partial charge in [-0.1, -0.05) is 10.3 Å². The number of H-pyrrole nitrogens is 1. The third-order valence-electron chi connectivity index (χ3n) is 3.38. The number of amides is 2. The molecule has 0 saturated carbocycles. The summed E-state index contributed by atoms with van der Waals surface area (Å²) >= 11 is 1.11. The van der Waals surface area contributed by atoms with Gasteiger partial charge in [-0.25, -0.2) is 9.37 Å². The summed E-state index contributed by atoms with van der Waals surface area (Å²) in [5, 5.41) is 20.5. The summed E-state index contributed by atoms with van der Waals surface area (Å²) in [6, 6.07) is -2.06. The molecule has 2 unspecified atom stereocenters. The molecule has 2 aromatic rings. The van der Waals surface area contributed by atoms with Crippen molar-refractivity contribution < 1.29 is 18.8 Å². The number of aromatic nitrogens is 5. The maximum absolute atomic E-state index is 13.3. The molecule has 3 heterocycles. The highest BCUT2D eigenvalue weighted by Gasteiger charge is 2.51. The quantitative estimate of drug-likeness (QED) is 0.313. The van der Waals surface area contributed by atoms with E-state index in [1.807, 2.05) is 0 Å². The van der Waals surface area contributed by atoms with E-state index in [0.29, 0.717) is 0 Å². The Morgan fingerprint density at radius 3 is 3.00 bits per heavy atom. The van der Waals surface area contributed by atoms with Gasteiger partial charge in [-0.2, -0.15) is 5.21 Å². The second-order valence-electron chi connectivity index (χ2n) is 4.79. The highest BCUT2D eigenvalue weighted by molar-refractivity contribution is 7.13. The number of nitrogens with one attached hydrogen (secondary N) is 2. The number of β-lactam (4-membered cyclic amide) rings is 1. The number of oxime groups is 1. The number of alkyl halides is 1. The normalized spacial score (nSPS) is 20.3. The molecule has 0 aromatic carbocycles. The van der Waals surface area contributed by atoms with E-state index in [-0.39, 0.29) is 22.5 Å². The summed E-state index contributed by atoms with van der Waals surface area (Å²) < 4.78 is 13.3. The molecule has 1 aliphatic rings. The number of nitrogens with two attached hydrogens (primary N) is 1. The number of hydrogen-bond acceptors (Lipinski definition) is 10. The highest BCUT2D eigenvalue weighted by atomic mass is 32.1. The van der Waals surface area contributed by atoms with Gasteiger partial charge in [0, 0.05) is 5.38 Å². The molecule has 0 radical (unpaired) electrons. The zero-order chi connectivity index (χ0) is 18.0. The van der Waals surface area contributed by atoms with Gasteiger partial charge in [-0.15, -0.1) is 16.4 Å². The number of aromatic amines is 1. The Morgan fingerprint density at radius 2 is 2.44 bits per heavy atom. The molecular weight excluding hydrogens is 357 g/mol. The SMILES string of the molecule is CO/N=C(\C(=O)NC1C(=O)N(c2nn[nH]n2)C1CF)c1csc(N)n1. The van der Waals surface area contributed by atoms with Crippen LogP contribution in [0, 0.1) is 0 Å². The number of nitrogen functional groups attached to an aromatic ring is 1. The fourth-order valence-corrected chi connectivity index (χ4v) is 2.82. The Kier molecular flexibility index (Phi) is 4.51. The van der Waals surface area contributed by atoms with Crippen molar-refractivity contribution in [3.8, 4) is 0 Å². The monoisotopic (exact) mass is 369 g/mol. The Bertz CT molecular complexity index is 808. The Labute approximate surface area is 143 Å². The lowest BCUT2D eigenvalue weighted by molar-refractivity contribution is -0.131. The first kappa shape index (κ1) is 16.7. The van der Waals surface area contributed by atoms with Gasteiger partial charge in [0.25, 0.3) is 17.8 Å². The number of carbonyl (C=O) groups is 2. The van der Waals surface area contributed by atoms with Crippen LogP contribution in [-0.2, 0) is 14.4 Å². The Morgan fingerprint density at radius 1 is 1.64 bits per heavy atom. The van der Waals surface area contributed by atoms with Crippen LogP contribution in [0.4, 0.5) is 15.5 Å². The van der Waals surface area contributed by atoms with Crippen LogP contribution in [0.15, 0.2) is 10.5 Å². The molecule has 0 bridgehead atoms. The second-order valence-corrected chi connectivity index (χ2v) is 5.68. The topological polar surface area (TPSA) is 164 Å². The van der Waals surface area contributed by atoms with Crippen LogP contribution in [0.5, 0.6) is 0 Å². The van der Waals surface area contributed by atoms with E-state index in [2.05, 4.69) is 40.9 Å². The van der Waals surface area contributed by atoms with Crippen molar-refractivity contribution in [1.29, 1.82) is 0 Å². The first-order valence-corrected chi connectivity index (χ1v) is 7.70. The molecule has 132 valence electrons. The van der Waals surface area contributed by atoms with Crippen LogP contribution in [0.25, 0.3) is 0 Å². The molecule has 1 fully saturated rings. The summed E-state index contributed by atoms with van der Waals surface area (Å²) in [7, 11) is 1.25. The van der Waals surface area contributed by atoms with E-state index in [9.17, 15) is 14.0 Å². The fraction of sp³-hybridized carbons (Fsp3) is 0.364. The van der Waals surface area contributed by atoms with Crippen LogP contribution in [0.2, 0.25) is 0 Å². The summed E-state index contributed by atoms with van der Waals surface area (Å²) in [5.74, 6) is -1.40. The first-order chi connectivity index (χ1) is 12.1. The zero-order valence-electron chi connectivity index (χ0n) is 12.7. The zero-order valence-corrected chi connectivity index (χ0v) is 13.5. The van der Waals surface area contributed by atoms with Gasteiger partial charge >= 0.3 is 0 Å². The number of thiazole rings is 1. The van der Waals surface area contributed by atoms with Crippen molar-refractivity contribution in [2.45, 2.75) is 12.1 Å². The van der Waals surface area contributed by atoms with Crippen molar-refractivity contribution >= 4 is 39.9 Å². The number of nitrogens with zero attached hydrogens (tertiary/aromatic N) is 6. The van der Waals surface area contributed by atoms with E-state index in [0.717, 1.165) is 16.2 Å². The highest BCUT2D eigenvalue weighted by Crippen LogP contribution is 2.25. The van der Waals surface area contributed by atoms with Crippen LogP contribution in [0.3, 0.4) is 0 Å². The van der Waals surface area contributed by atoms with Gasteiger partial charge in [0.2, 0.25) is 0 Å². The van der Waals surface area contributed by atoms with E-state index >= 15 is 0 Å². The van der Waals surface area contributed by atoms with Gasteiger partial charge in [0.15, 0.2) is 10.8 Å². The van der Waals surface area contributed by atoms with Crippen molar-refractivity contribution in [3.05, 3.63) is 11.1 Å². The molecular formula is C11H12FN9O3S. The molecule has 2 atom stereocenters. The lowest BCUT2D eigenvalue weighted by Gasteiger charge is -2.43. The van der Waals surface area contributed by atoms with E-state index in [1.54, 1.807) is 0 Å². The number of rotatable bonds is 6. The van der Waals surface area contributed by atoms with E-state index < -0.39 is 30.6 Å². The average Bonchev–Trinajstić information content (AvgIpc) is 3.26. The minimum Gasteiger partial charge on any atom is -0.398 e. The lowest BCUT2D eigenvalue weighted by atomic mass is 9.96. The fourth-order valence-electron chi connectivity index (χ4n) is 2.27. The molecule has 0 spiro atoms. The number of hydrogen-bond donors (Lipinski definition) is 3. The number of tetrazole rings is 1. The molecule has 2 aromatic heterocycles. The third-order valence-corrected chi connectivity index (χ3v) is 4.05. The average molecular weight is 369 g/mol. The number of carbonyl (C=O) groups excluding carboxylic acids is 2. The van der Waals surface area contributed by atoms with Gasteiger partial charge in [0.05, 0.1) is 6.04 Å². The van der Waals surface area contributed by atoms with Crippen molar-refractivity contribution in [2.75, 3.05) is 24.4 Å². The van der Waals surface area contributed by atoms with E-state index in [4.69, 9.17) is 5.73 Å². The van der Waals surface area contributed by atoms with Crippen LogP contribution in [0.1, 0.15) is 5.69 Å². The van der Waals surface area contributed by atoms with Crippen LogP contribution >= 0.6 is 11.3 Å². The van der Waals surface area contributed by atoms with Crippen LogP contribution in [-0.4, -0.2) is 69.0 Å². The van der Waals surface area contributed by atoms with Gasteiger partial charge in [-0.3, -0.25) is 14.5 Å². The van der Waals surface area contributed by atoms with Gasteiger partial charge < -0.3 is 15.9 Å². The van der Waals surface area contributed by atoms with Crippen LogP contribution < -0.4 is 16.0 Å². The van der Waals surface area contributed by atoms with Crippen molar-refractivity contribution in [1.82, 2.24) is 30.9 Å². The standard InChI is InChI=1S/C11H12FN9O3S/c1-24-18-6(4-3-25-10(13)14-4)8(22)15-7-5(2-12)21(9(7)23)11-16-19-20-17-11/h3,5,7H,2H2,1H3,(H2,13,14)(H,15,22)(H,16,17,19,20)/b18-6-. The molecule has 25 heavy (non-hydrogen) atoms. The largest absolute Gasteiger partial charge is 0.398 e.